The highest BCUT2D eigenvalue weighted by Gasteiger charge is 2.39. The van der Waals surface area contributed by atoms with Crippen LogP contribution < -0.4 is 4.74 Å². The number of halogens is 5. The average molecular weight is 296 g/mol. The zero-order chi connectivity index (χ0) is 14.1. The van der Waals surface area contributed by atoms with Crippen molar-refractivity contribution in [2.45, 2.75) is 18.5 Å². The summed E-state index contributed by atoms with van der Waals surface area (Å²) in [6, 6.07) is 0. The van der Waals surface area contributed by atoms with Gasteiger partial charge in [-0.1, -0.05) is 0 Å². The summed E-state index contributed by atoms with van der Waals surface area (Å²) >= 11 is 0. The van der Waals surface area contributed by atoms with E-state index in [1.165, 1.54) is 5.10 Å². The first-order chi connectivity index (χ1) is 8.00. The number of ether oxygens (including phenoxy) is 1. The SMILES string of the molecule is O=S(=O)(O)Cc1c(OC(F)F)n[nH]c1C(F)(F)F. The maximum atomic E-state index is 12.4. The highest BCUT2D eigenvalue weighted by molar-refractivity contribution is 7.85. The van der Waals surface area contributed by atoms with Crippen LogP contribution in [0.5, 0.6) is 5.88 Å². The summed E-state index contributed by atoms with van der Waals surface area (Å²) in [7, 11) is -4.87. The van der Waals surface area contributed by atoms with Gasteiger partial charge in [-0.05, 0) is 0 Å². The van der Waals surface area contributed by atoms with Crippen LogP contribution in [0.1, 0.15) is 11.3 Å². The summed E-state index contributed by atoms with van der Waals surface area (Å²) in [6.07, 6.45) is -5.06. The quantitative estimate of drug-likeness (QED) is 0.647. The lowest BCUT2D eigenvalue weighted by atomic mass is 10.2. The molecule has 0 unspecified atom stereocenters. The lowest BCUT2D eigenvalue weighted by Crippen LogP contribution is -2.13. The van der Waals surface area contributed by atoms with Crippen molar-refractivity contribution < 1.29 is 39.7 Å². The van der Waals surface area contributed by atoms with E-state index in [0.717, 1.165) is 0 Å². The van der Waals surface area contributed by atoms with E-state index >= 15 is 0 Å². The number of hydrogen-bond acceptors (Lipinski definition) is 4. The minimum absolute atomic E-state index is 1.22. The van der Waals surface area contributed by atoms with Crippen molar-refractivity contribution in [2.24, 2.45) is 0 Å². The van der Waals surface area contributed by atoms with Crippen LogP contribution >= 0.6 is 0 Å². The first-order valence-corrected chi connectivity index (χ1v) is 5.66. The fourth-order valence-corrected chi connectivity index (χ4v) is 1.71. The Morgan fingerprint density at radius 3 is 2.33 bits per heavy atom. The lowest BCUT2D eigenvalue weighted by Gasteiger charge is -2.07. The van der Waals surface area contributed by atoms with Crippen LogP contribution in [0.15, 0.2) is 0 Å². The predicted octanol–water partition coefficient (Wildman–Crippen LogP) is 1.42. The average Bonchev–Trinajstić information content (AvgIpc) is 2.43. The Hall–Kier alpha value is -1.43. The number of H-pyrrole nitrogens is 1. The minimum atomic E-state index is -5.06. The van der Waals surface area contributed by atoms with Crippen LogP contribution in [0.3, 0.4) is 0 Å². The van der Waals surface area contributed by atoms with Crippen LogP contribution in [0.25, 0.3) is 0 Å². The van der Waals surface area contributed by atoms with Gasteiger partial charge in [0, 0.05) is 0 Å². The maximum Gasteiger partial charge on any atom is 0.433 e. The van der Waals surface area contributed by atoms with Crippen molar-refractivity contribution in [1.29, 1.82) is 0 Å². The number of aromatic amines is 1. The first-order valence-electron chi connectivity index (χ1n) is 4.05. The van der Waals surface area contributed by atoms with Gasteiger partial charge in [-0.15, -0.1) is 5.10 Å². The first kappa shape index (κ1) is 14.6. The number of aromatic nitrogens is 2. The third kappa shape index (κ3) is 3.80. The van der Waals surface area contributed by atoms with E-state index in [2.05, 4.69) is 9.84 Å². The van der Waals surface area contributed by atoms with Crippen molar-refractivity contribution in [3.05, 3.63) is 11.3 Å². The summed E-state index contributed by atoms with van der Waals surface area (Å²) in [5.74, 6) is -2.80. The largest absolute Gasteiger partial charge is 0.433 e. The van der Waals surface area contributed by atoms with E-state index in [1.54, 1.807) is 0 Å². The molecule has 0 spiro atoms. The van der Waals surface area contributed by atoms with Gasteiger partial charge < -0.3 is 4.74 Å². The molecule has 0 aliphatic heterocycles. The Bertz CT molecular complexity index is 523. The molecular weight excluding hydrogens is 291 g/mol. The van der Waals surface area contributed by atoms with Crippen LogP contribution in [0.4, 0.5) is 22.0 Å². The van der Waals surface area contributed by atoms with Gasteiger partial charge in [0.2, 0.25) is 5.88 Å². The number of hydrogen-bond donors (Lipinski definition) is 2. The maximum absolute atomic E-state index is 12.4. The van der Waals surface area contributed by atoms with Crippen molar-refractivity contribution >= 4 is 10.1 Å². The topological polar surface area (TPSA) is 92.3 Å². The fourth-order valence-electron chi connectivity index (χ4n) is 1.08. The third-order valence-corrected chi connectivity index (χ3v) is 2.29. The van der Waals surface area contributed by atoms with Gasteiger partial charge in [-0.2, -0.15) is 30.4 Å². The van der Waals surface area contributed by atoms with Crippen molar-refractivity contribution in [3.63, 3.8) is 0 Å². The molecule has 0 saturated heterocycles. The molecule has 104 valence electrons. The fraction of sp³-hybridized carbons (Fsp3) is 0.500. The van der Waals surface area contributed by atoms with E-state index in [-0.39, 0.29) is 0 Å². The zero-order valence-electron chi connectivity index (χ0n) is 8.20. The second-order valence-electron chi connectivity index (χ2n) is 2.98. The molecule has 0 aliphatic carbocycles. The molecule has 0 atom stereocenters. The van der Waals surface area contributed by atoms with Gasteiger partial charge in [0.25, 0.3) is 10.1 Å². The van der Waals surface area contributed by atoms with Gasteiger partial charge in [-0.3, -0.25) is 9.65 Å². The van der Waals surface area contributed by atoms with E-state index in [4.69, 9.17) is 4.55 Å². The van der Waals surface area contributed by atoms with Gasteiger partial charge in [-0.25, -0.2) is 0 Å². The van der Waals surface area contributed by atoms with E-state index in [9.17, 15) is 30.4 Å². The highest BCUT2D eigenvalue weighted by Crippen LogP contribution is 2.35. The third-order valence-electron chi connectivity index (χ3n) is 1.64. The molecule has 12 heteroatoms. The number of nitrogens with one attached hydrogen (secondary N) is 1. The molecule has 0 aliphatic rings. The molecule has 1 rings (SSSR count). The lowest BCUT2D eigenvalue weighted by molar-refractivity contribution is -0.141. The Morgan fingerprint density at radius 2 is 1.94 bits per heavy atom. The predicted molar refractivity (Wildman–Crippen MR) is 45.5 cm³/mol. The molecule has 18 heavy (non-hydrogen) atoms. The molecule has 0 amide bonds. The van der Waals surface area contributed by atoms with Gasteiger partial charge >= 0.3 is 12.8 Å². The number of rotatable bonds is 4. The van der Waals surface area contributed by atoms with Crippen LogP contribution in [0, 0.1) is 0 Å². The Morgan fingerprint density at radius 1 is 1.39 bits per heavy atom. The molecule has 0 radical (unpaired) electrons. The monoisotopic (exact) mass is 296 g/mol. The smallest absolute Gasteiger partial charge is 0.415 e. The molecule has 0 fully saturated rings. The van der Waals surface area contributed by atoms with Crippen LogP contribution in [-0.4, -0.2) is 29.8 Å². The molecule has 6 nitrogen and oxygen atoms in total. The molecule has 0 bridgehead atoms. The van der Waals surface area contributed by atoms with Crippen molar-refractivity contribution in [2.75, 3.05) is 0 Å². The van der Waals surface area contributed by atoms with Crippen molar-refractivity contribution in [1.82, 2.24) is 10.2 Å². The molecule has 1 aromatic rings. The van der Waals surface area contributed by atoms with Crippen LogP contribution in [0.2, 0.25) is 0 Å². The Labute approximate surface area is 96.5 Å². The Balaban J connectivity index is 3.26. The number of nitrogens with zero attached hydrogens (tertiary/aromatic N) is 1. The standard InChI is InChI=1S/C6H5F5N2O4S/c7-5(8)17-4-2(1-18(14,15)16)3(12-13-4)6(9,10)11/h5H,1H2,(H,12,13)(H,14,15,16). The Kier molecular flexibility index (Phi) is 3.81. The summed E-state index contributed by atoms with van der Waals surface area (Å²) < 4.78 is 94.0. The van der Waals surface area contributed by atoms with E-state index in [0.29, 0.717) is 0 Å². The van der Waals surface area contributed by atoms with Gasteiger partial charge in [0.05, 0.1) is 5.56 Å². The second-order valence-corrected chi connectivity index (χ2v) is 4.44. The zero-order valence-corrected chi connectivity index (χ0v) is 9.02. The summed E-state index contributed by atoms with van der Waals surface area (Å²) in [5.41, 5.74) is -2.90. The second kappa shape index (κ2) is 4.68. The van der Waals surface area contributed by atoms with Crippen molar-refractivity contribution in [3.8, 4) is 5.88 Å². The van der Waals surface area contributed by atoms with E-state index < -0.39 is 45.8 Å². The summed E-state index contributed by atoms with van der Waals surface area (Å²) in [6.45, 7) is -3.49. The molecule has 0 aromatic carbocycles. The van der Waals surface area contributed by atoms with Gasteiger partial charge in [0.15, 0.2) is 0 Å². The summed E-state index contributed by atoms with van der Waals surface area (Å²) in [5, 5.41) is 4.12. The van der Waals surface area contributed by atoms with Crippen LogP contribution in [-0.2, 0) is 22.0 Å². The highest BCUT2D eigenvalue weighted by atomic mass is 32.2. The molecule has 0 saturated carbocycles. The summed E-state index contributed by atoms with van der Waals surface area (Å²) in [4.78, 5) is 0. The molecule has 1 heterocycles. The number of alkyl halides is 5. The normalized spacial score (nSPS) is 13.1. The minimum Gasteiger partial charge on any atom is -0.415 e. The van der Waals surface area contributed by atoms with E-state index in [1.807, 2.05) is 0 Å². The molecule has 2 N–H and O–H groups in total. The molecular formula is C6H5F5N2O4S. The van der Waals surface area contributed by atoms with Gasteiger partial charge in [0.1, 0.15) is 11.4 Å². The molecule has 1 aromatic heterocycles.